The van der Waals surface area contributed by atoms with E-state index in [0.717, 1.165) is 51.4 Å². The summed E-state index contributed by atoms with van der Waals surface area (Å²) < 4.78 is 10.9. The lowest BCUT2D eigenvalue weighted by molar-refractivity contribution is -0.122. The largest absolute Gasteiger partial charge is 0.378 e. The average Bonchev–Trinajstić information content (AvgIpc) is 2.98. The first kappa shape index (κ1) is 18.7. The molecule has 0 aromatic rings. The summed E-state index contributed by atoms with van der Waals surface area (Å²) in [5, 5.41) is 6.38. The lowest BCUT2D eigenvalue weighted by Gasteiger charge is -2.22. The van der Waals surface area contributed by atoms with Gasteiger partial charge in [0.15, 0.2) is 0 Å². The van der Waals surface area contributed by atoms with Crippen LogP contribution in [0.3, 0.4) is 0 Å². The molecule has 2 N–H and O–H groups in total. The van der Waals surface area contributed by atoms with Crippen LogP contribution in [-0.2, 0) is 14.3 Å². The summed E-state index contributed by atoms with van der Waals surface area (Å²) in [5.41, 5.74) is 0. The van der Waals surface area contributed by atoms with Crippen LogP contribution in [0, 0.1) is 5.92 Å². The second-order valence-electron chi connectivity index (χ2n) is 5.81. The van der Waals surface area contributed by atoms with Crippen LogP contribution in [0.2, 0.25) is 0 Å². The smallest absolute Gasteiger partial charge is 0.222 e. The minimum absolute atomic E-state index is 0. The highest BCUT2D eigenvalue weighted by Crippen LogP contribution is 2.13. The van der Waals surface area contributed by atoms with Gasteiger partial charge in [-0.05, 0) is 51.1 Å². The van der Waals surface area contributed by atoms with Crippen molar-refractivity contribution in [2.45, 2.75) is 44.6 Å². The molecular weight excluding hydrogens is 292 g/mol. The Hall–Kier alpha value is -0.360. The fourth-order valence-electron chi connectivity index (χ4n) is 2.83. The van der Waals surface area contributed by atoms with Gasteiger partial charge < -0.3 is 20.1 Å². The molecule has 2 fully saturated rings. The van der Waals surface area contributed by atoms with Crippen molar-refractivity contribution in [1.29, 1.82) is 0 Å². The Bertz CT molecular complexity index is 280. The zero-order valence-electron chi connectivity index (χ0n) is 12.8. The lowest BCUT2D eigenvalue weighted by atomic mass is 9.96. The van der Waals surface area contributed by atoms with E-state index in [-0.39, 0.29) is 24.4 Å². The van der Waals surface area contributed by atoms with Crippen molar-refractivity contribution in [3.05, 3.63) is 0 Å². The topological polar surface area (TPSA) is 59.6 Å². The molecule has 0 bridgehead atoms. The molecule has 2 unspecified atom stereocenters. The number of carbonyl (C=O) groups is 1. The van der Waals surface area contributed by atoms with Crippen LogP contribution in [0.15, 0.2) is 0 Å². The molecule has 0 aromatic carbocycles. The molecule has 0 radical (unpaired) electrons. The fraction of sp³-hybridized carbons (Fsp3) is 0.933. The van der Waals surface area contributed by atoms with Crippen molar-refractivity contribution in [2.24, 2.45) is 5.92 Å². The highest BCUT2D eigenvalue weighted by Gasteiger charge is 2.15. The Labute approximate surface area is 133 Å². The van der Waals surface area contributed by atoms with Crippen LogP contribution in [0.5, 0.6) is 0 Å². The van der Waals surface area contributed by atoms with Gasteiger partial charge in [0.25, 0.3) is 0 Å². The Balaban J connectivity index is 0.00000220. The minimum Gasteiger partial charge on any atom is -0.378 e. The summed E-state index contributed by atoms with van der Waals surface area (Å²) in [4.78, 5) is 11.6. The summed E-state index contributed by atoms with van der Waals surface area (Å²) in [6.45, 7) is 5.00. The molecule has 0 saturated carbocycles. The number of carbonyl (C=O) groups excluding carboxylic acids is 1. The van der Waals surface area contributed by atoms with Crippen LogP contribution in [0.25, 0.3) is 0 Å². The van der Waals surface area contributed by atoms with Crippen molar-refractivity contribution in [3.8, 4) is 0 Å². The number of nitrogens with one attached hydrogen (secondary N) is 2. The second kappa shape index (κ2) is 11.2. The number of halogens is 1. The van der Waals surface area contributed by atoms with Crippen LogP contribution in [-0.4, -0.2) is 51.5 Å². The van der Waals surface area contributed by atoms with Gasteiger partial charge in [0.05, 0.1) is 19.3 Å². The van der Waals surface area contributed by atoms with Gasteiger partial charge in [0.2, 0.25) is 5.91 Å². The van der Waals surface area contributed by atoms with E-state index in [2.05, 4.69) is 10.6 Å². The highest BCUT2D eigenvalue weighted by atomic mass is 35.5. The number of hydrogen-bond donors (Lipinski definition) is 2. The van der Waals surface area contributed by atoms with E-state index in [1.807, 2.05) is 0 Å². The molecule has 5 nitrogen and oxygen atoms in total. The molecule has 2 atom stereocenters. The van der Waals surface area contributed by atoms with Crippen molar-refractivity contribution in [3.63, 3.8) is 0 Å². The van der Waals surface area contributed by atoms with Crippen LogP contribution < -0.4 is 10.6 Å². The molecule has 2 aliphatic heterocycles. The molecule has 2 rings (SSSR count). The molecule has 6 heteroatoms. The quantitative estimate of drug-likeness (QED) is 0.665. The Kier molecular flexibility index (Phi) is 10.0. The summed E-state index contributed by atoms with van der Waals surface area (Å²) in [5.74, 6) is 0.820. The van der Waals surface area contributed by atoms with Crippen LogP contribution in [0.4, 0.5) is 0 Å². The van der Waals surface area contributed by atoms with E-state index in [0.29, 0.717) is 19.6 Å². The van der Waals surface area contributed by atoms with Gasteiger partial charge >= 0.3 is 0 Å². The minimum atomic E-state index is 0. The third-order valence-electron chi connectivity index (χ3n) is 4.07. The summed E-state index contributed by atoms with van der Waals surface area (Å²) >= 11 is 0. The van der Waals surface area contributed by atoms with Crippen LogP contribution in [0.1, 0.15) is 38.5 Å². The predicted octanol–water partition coefficient (Wildman–Crippen LogP) is 1.50. The first-order valence-electron chi connectivity index (χ1n) is 8.01. The predicted molar refractivity (Wildman–Crippen MR) is 84.9 cm³/mol. The van der Waals surface area contributed by atoms with Gasteiger partial charge in [-0.1, -0.05) is 0 Å². The number of amides is 1. The van der Waals surface area contributed by atoms with Gasteiger partial charge in [-0.3, -0.25) is 4.79 Å². The van der Waals surface area contributed by atoms with Gasteiger partial charge in [-0.2, -0.15) is 0 Å². The second-order valence-corrected chi connectivity index (χ2v) is 5.81. The Morgan fingerprint density at radius 3 is 2.95 bits per heavy atom. The van der Waals surface area contributed by atoms with E-state index in [1.165, 1.54) is 12.8 Å². The van der Waals surface area contributed by atoms with E-state index in [4.69, 9.17) is 9.47 Å². The zero-order chi connectivity index (χ0) is 14.0. The van der Waals surface area contributed by atoms with Crippen LogP contribution >= 0.6 is 12.4 Å². The highest BCUT2D eigenvalue weighted by molar-refractivity contribution is 5.85. The van der Waals surface area contributed by atoms with Gasteiger partial charge in [0.1, 0.15) is 0 Å². The normalized spacial score (nSPS) is 25.3. The molecule has 0 spiro atoms. The number of hydrogen-bond acceptors (Lipinski definition) is 4. The van der Waals surface area contributed by atoms with Gasteiger partial charge in [-0.25, -0.2) is 0 Å². The summed E-state index contributed by atoms with van der Waals surface area (Å²) in [7, 11) is 0. The van der Waals surface area contributed by atoms with Crippen molar-refractivity contribution in [1.82, 2.24) is 10.6 Å². The van der Waals surface area contributed by atoms with Crippen molar-refractivity contribution < 1.29 is 14.3 Å². The first-order valence-corrected chi connectivity index (χ1v) is 8.01. The monoisotopic (exact) mass is 320 g/mol. The maximum Gasteiger partial charge on any atom is 0.222 e. The molecule has 0 aliphatic carbocycles. The zero-order valence-corrected chi connectivity index (χ0v) is 13.6. The molecule has 21 heavy (non-hydrogen) atoms. The SMILES string of the molecule is Cl.O=C(CCOCC1CCCO1)NCCC1CCCNC1. The number of piperidine rings is 1. The molecule has 2 saturated heterocycles. The molecular formula is C15H29ClN2O3. The molecule has 124 valence electrons. The summed E-state index contributed by atoms with van der Waals surface area (Å²) in [6, 6.07) is 0. The lowest BCUT2D eigenvalue weighted by Crippen LogP contribution is -2.33. The van der Waals surface area contributed by atoms with Crippen molar-refractivity contribution in [2.75, 3.05) is 39.5 Å². The molecule has 2 aliphatic rings. The number of rotatable bonds is 8. The van der Waals surface area contributed by atoms with E-state index >= 15 is 0 Å². The molecule has 1 amide bonds. The third-order valence-corrected chi connectivity index (χ3v) is 4.07. The van der Waals surface area contributed by atoms with Crippen molar-refractivity contribution >= 4 is 18.3 Å². The maximum absolute atomic E-state index is 11.6. The van der Waals surface area contributed by atoms with Gasteiger partial charge in [0, 0.05) is 19.6 Å². The van der Waals surface area contributed by atoms with E-state index in [1.54, 1.807) is 0 Å². The first-order chi connectivity index (χ1) is 9.84. The Morgan fingerprint density at radius 2 is 2.24 bits per heavy atom. The maximum atomic E-state index is 11.6. The molecule has 0 aromatic heterocycles. The van der Waals surface area contributed by atoms with E-state index in [9.17, 15) is 4.79 Å². The standard InChI is InChI=1S/C15H28N2O3.ClH/c18-15(6-10-19-12-14-4-2-9-20-14)17-8-5-13-3-1-7-16-11-13;/h13-14,16H,1-12H2,(H,17,18);1H. The van der Waals surface area contributed by atoms with E-state index < -0.39 is 0 Å². The molecule has 2 heterocycles. The van der Waals surface area contributed by atoms with Gasteiger partial charge in [-0.15, -0.1) is 12.4 Å². The summed E-state index contributed by atoms with van der Waals surface area (Å²) in [6.07, 6.45) is 6.54. The fourth-order valence-corrected chi connectivity index (χ4v) is 2.83. The Morgan fingerprint density at radius 1 is 1.33 bits per heavy atom. The average molecular weight is 321 g/mol. The third kappa shape index (κ3) is 8.00. The number of ether oxygens (including phenoxy) is 2.